The van der Waals surface area contributed by atoms with Gasteiger partial charge in [0, 0.05) is 28.4 Å². The fourth-order valence-corrected chi connectivity index (χ4v) is 5.12. The third kappa shape index (κ3) is 3.77. The second-order valence-corrected chi connectivity index (χ2v) is 8.16. The smallest absolute Gasteiger partial charge is 0.233 e. The minimum absolute atomic E-state index is 0.274. The number of nitrogens with zero attached hydrogens (tertiary/aromatic N) is 1. The van der Waals surface area contributed by atoms with Gasteiger partial charge in [0.05, 0.1) is 11.4 Å². The van der Waals surface area contributed by atoms with Gasteiger partial charge in [-0.3, -0.25) is 4.79 Å². The van der Waals surface area contributed by atoms with Crippen molar-refractivity contribution in [2.75, 3.05) is 12.3 Å². The molecule has 0 bridgehead atoms. The number of benzene rings is 2. The van der Waals surface area contributed by atoms with Gasteiger partial charge in [-0.2, -0.15) is 0 Å². The summed E-state index contributed by atoms with van der Waals surface area (Å²) in [5.41, 5.74) is 3.39. The molecule has 1 amide bonds. The van der Waals surface area contributed by atoms with Crippen molar-refractivity contribution < 1.29 is 4.79 Å². The molecule has 1 N–H and O–H groups in total. The number of H-pyrrole nitrogens is 1. The molecule has 3 aromatic rings. The van der Waals surface area contributed by atoms with Crippen molar-refractivity contribution in [2.24, 2.45) is 0 Å². The first-order valence-corrected chi connectivity index (χ1v) is 10.8. The molecule has 4 heteroatoms. The van der Waals surface area contributed by atoms with Gasteiger partial charge in [0.25, 0.3) is 0 Å². The van der Waals surface area contributed by atoms with Crippen LogP contribution in [0, 0.1) is 0 Å². The number of aromatic amines is 1. The highest BCUT2D eigenvalue weighted by Gasteiger charge is 2.25. The Labute approximate surface area is 165 Å². The minimum atomic E-state index is 0.274. The van der Waals surface area contributed by atoms with Crippen molar-refractivity contribution in [3.05, 3.63) is 54.6 Å². The number of fused-ring (bicyclic) bond motifs is 1. The van der Waals surface area contributed by atoms with Crippen LogP contribution in [-0.2, 0) is 4.79 Å². The van der Waals surface area contributed by atoms with E-state index in [2.05, 4.69) is 59.3 Å². The Balaban J connectivity index is 1.60. The number of piperidine rings is 1. The Morgan fingerprint density at radius 2 is 1.89 bits per heavy atom. The van der Waals surface area contributed by atoms with Crippen molar-refractivity contribution in [3.63, 3.8) is 0 Å². The third-order valence-electron chi connectivity index (χ3n) is 5.48. The summed E-state index contributed by atoms with van der Waals surface area (Å²) in [6.45, 7) is 3.11. The fourth-order valence-electron chi connectivity index (χ4n) is 4.04. The van der Waals surface area contributed by atoms with Crippen LogP contribution in [0.3, 0.4) is 0 Å². The SMILES string of the molecule is CCC1CCCCN1C(=O)CSc1c(-c2ccccc2)[nH]c2ccccc12. The molecule has 1 fully saturated rings. The van der Waals surface area contributed by atoms with Crippen LogP contribution in [0.2, 0.25) is 0 Å². The van der Waals surface area contributed by atoms with Gasteiger partial charge in [-0.25, -0.2) is 0 Å². The summed E-state index contributed by atoms with van der Waals surface area (Å²) in [7, 11) is 0. The van der Waals surface area contributed by atoms with E-state index >= 15 is 0 Å². The number of rotatable bonds is 5. The molecular formula is C23H26N2OS. The van der Waals surface area contributed by atoms with E-state index in [0.717, 1.165) is 42.6 Å². The van der Waals surface area contributed by atoms with Crippen LogP contribution in [0.15, 0.2) is 59.5 Å². The molecule has 2 aromatic carbocycles. The lowest BCUT2D eigenvalue weighted by Gasteiger charge is -2.35. The largest absolute Gasteiger partial charge is 0.354 e. The van der Waals surface area contributed by atoms with Crippen LogP contribution in [0.4, 0.5) is 0 Å². The van der Waals surface area contributed by atoms with Crippen LogP contribution in [0.1, 0.15) is 32.6 Å². The maximum absolute atomic E-state index is 12.9. The Morgan fingerprint density at radius 3 is 2.70 bits per heavy atom. The Hall–Kier alpha value is -2.20. The van der Waals surface area contributed by atoms with Crippen molar-refractivity contribution in [3.8, 4) is 11.3 Å². The summed E-state index contributed by atoms with van der Waals surface area (Å²) in [4.78, 5) is 19.8. The van der Waals surface area contributed by atoms with E-state index in [4.69, 9.17) is 0 Å². The predicted molar refractivity (Wildman–Crippen MR) is 114 cm³/mol. The van der Waals surface area contributed by atoms with Gasteiger partial charge < -0.3 is 9.88 Å². The average molecular weight is 379 g/mol. The highest BCUT2D eigenvalue weighted by molar-refractivity contribution is 8.00. The molecule has 1 aliphatic rings. The highest BCUT2D eigenvalue weighted by Crippen LogP contribution is 2.38. The van der Waals surface area contributed by atoms with Crippen molar-refractivity contribution >= 4 is 28.6 Å². The summed E-state index contributed by atoms with van der Waals surface area (Å²) in [6, 6.07) is 19.2. The first-order valence-electron chi connectivity index (χ1n) is 9.86. The number of para-hydroxylation sites is 1. The topological polar surface area (TPSA) is 36.1 Å². The number of aromatic nitrogens is 1. The maximum atomic E-state index is 12.9. The molecule has 1 saturated heterocycles. The van der Waals surface area contributed by atoms with Gasteiger partial charge in [0.15, 0.2) is 0 Å². The monoisotopic (exact) mass is 378 g/mol. The lowest BCUT2D eigenvalue weighted by Crippen LogP contribution is -2.44. The van der Waals surface area contributed by atoms with Gasteiger partial charge in [-0.05, 0) is 37.3 Å². The van der Waals surface area contributed by atoms with E-state index in [1.54, 1.807) is 11.8 Å². The predicted octanol–water partition coefficient (Wildman–Crippen LogP) is 5.72. The second-order valence-electron chi connectivity index (χ2n) is 7.17. The van der Waals surface area contributed by atoms with Gasteiger partial charge >= 0.3 is 0 Å². The van der Waals surface area contributed by atoms with Crippen LogP contribution in [0.5, 0.6) is 0 Å². The Bertz CT molecular complexity index is 919. The van der Waals surface area contributed by atoms with Gasteiger partial charge in [0.1, 0.15) is 0 Å². The normalized spacial score (nSPS) is 17.4. The number of thioether (sulfide) groups is 1. The van der Waals surface area contributed by atoms with E-state index in [-0.39, 0.29) is 5.91 Å². The lowest BCUT2D eigenvalue weighted by atomic mass is 10.0. The molecule has 2 heterocycles. The number of hydrogen-bond acceptors (Lipinski definition) is 2. The molecule has 3 nitrogen and oxygen atoms in total. The van der Waals surface area contributed by atoms with Gasteiger partial charge in [-0.1, -0.05) is 55.5 Å². The molecule has 0 spiro atoms. The Kier molecular flexibility index (Phi) is 5.53. The number of nitrogens with one attached hydrogen (secondary N) is 1. The van der Waals surface area contributed by atoms with E-state index in [9.17, 15) is 4.79 Å². The van der Waals surface area contributed by atoms with E-state index in [0.29, 0.717) is 11.8 Å². The molecule has 27 heavy (non-hydrogen) atoms. The van der Waals surface area contributed by atoms with Crippen LogP contribution in [0.25, 0.3) is 22.2 Å². The van der Waals surface area contributed by atoms with Crippen LogP contribution < -0.4 is 0 Å². The second kappa shape index (κ2) is 8.22. The zero-order valence-electron chi connectivity index (χ0n) is 15.8. The molecule has 140 valence electrons. The number of carbonyl (C=O) groups excluding carboxylic acids is 1. The molecule has 0 aliphatic carbocycles. The zero-order valence-corrected chi connectivity index (χ0v) is 16.6. The highest BCUT2D eigenvalue weighted by atomic mass is 32.2. The van der Waals surface area contributed by atoms with Crippen molar-refractivity contribution in [1.29, 1.82) is 0 Å². The molecule has 0 radical (unpaired) electrons. The standard InChI is InChI=1S/C23H26N2OS/c1-2-18-12-8-9-15-25(18)21(26)16-27-23-19-13-6-7-14-20(19)24-22(23)17-10-4-3-5-11-17/h3-7,10-11,13-14,18,24H,2,8-9,12,15-16H2,1H3. The summed E-state index contributed by atoms with van der Waals surface area (Å²) < 4.78 is 0. The zero-order chi connectivity index (χ0) is 18.6. The van der Waals surface area contributed by atoms with Crippen LogP contribution >= 0.6 is 11.8 Å². The molecule has 1 aromatic heterocycles. The molecule has 1 unspecified atom stereocenters. The molecule has 1 atom stereocenters. The first-order chi connectivity index (χ1) is 13.3. The molecule has 4 rings (SSSR count). The number of hydrogen-bond donors (Lipinski definition) is 1. The summed E-state index contributed by atoms with van der Waals surface area (Å²) in [5.74, 6) is 0.772. The Morgan fingerprint density at radius 1 is 1.11 bits per heavy atom. The van der Waals surface area contributed by atoms with E-state index < -0.39 is 0 Å². The lowest BCUT2D eigenvalue weighted by molar-refractivity contribution is -0.132. The first kappa shape index (κ1) is 18.2. The molecule has 0 saturated carbocycles. The number of amides is 1. The van der Waals surface area contributed by atoms with Crippen molar-refractivity contribution in [1.82, 2.24) is 9.88 Å². The summed E-state index contributed by atoms with van der Waals surface area (Å²) >= 11 is 1.67. The number of carbonyl (C=O) groups is 1. The average Bonchev–Trinajstić information content (AvgIpc) is 3.11. The van der Waals surface area contributed by atoms with E-state index in [1.807, 2.05) is 12.1 Å². The maximum Gasteiger partial charge on any atom is 0.233 e. The quantitative estimate of drug-likeness (QED) is 0.577. The number of likely N-dealkylation sites (tertiary alicyclic amines) is 1. The summed E-state index contributed by atoms with van der Waals surface area (Å²) in [5, 5.41) is 1.19. The van der Waals surface area contributed by atoms with Gasteiger partial charge in [-0.15, -0.1) is 11.8 Å². The summed E-state index contributed by atoms with van der Waals surface area (Å²) in [6.07, 6.45) is 4.58. The minimum Gasteiger partial charge on any atom is -0.354 e. The molecular weight excluding hydrogens is 352 g/mol. The fraction of sp³-hybridized carbons (Fsp3) is 0.348. The van der Waals surface area contributed by atoms with Gasteiger partial charge in [0.2, 0.25) is 5.91 Å². The molecule has 1 aliphatic heterocycles. The van der Waals surface area contributed by atoms with E-state index in [1.165, 1.54) is 16.7 Å². The third-order valence-corrected chi connectivity index (χ3v) is 6.58. The van der Waals surface area contributed by atoms with Crippen LogP contribution in [-0.4, -0.2) is 34.1 Å². The van der Waals surface area contributed by atoms with Crippen molar-refractivity contribution in [2.45, 2.75) is 43.5 Å².